The Morgan fingerprint density at radius 3 is 2.54 bits per heavy atom. The first-order valence-electron chi connectivity index (χ1n) is 10.8. The van der Waals surface area contributed by atoms with E-state index >= 15 is 0 Å². The number of pyridine rings is 2. The van der Waals surface area contributed by atoms with Gasteiger partial charge in [-0.3, -0.25) is 14.8 Å². The molecule has 1 atom stereocenters. The van der Waals surface area contributed by atoms with Crippen LogP contribution in [-0.2, 0) is 6.42 Å². The minimum atomic E-state index is -4.79. The lowest BCUT2D eigenvalue weighted by Gasteiger charge is -2.15. The number of alkyl halides is 3. The lowest BCUT2D eigenvalue weighted by atomic mass is 10.1. The van der Waals surface area contributed by atoms with E-state index in [9.17, 15) is 18.0 Å². The molecule has 3 heterocycles. The lowest BCUT2D eigenvalue weighted by molar-refractivity contribution is -0.274. The predicted octanol–water partition coefficient (Wildman–Crippen LogP) is 4.92. The summed E-state index contributed by atoms with van der Waals surface area (Å²) in [4.78, 5) is 30.6. The van der Waals surface area contributed by atoms with E-state index in [0.29, 0.717) is 16.8 Å². The molecule has 0 saturated heterocycles. The van der Waals surface area contributed by atoms with Gasteiger partial charge in [-0.1, -0.05) is 6.07 Å². The molecule has 5 rings (SSSR count). The molecule has 7 nitrogen and oxygen atoms in total. The molecule has 176 valence electrons. The molecule has 1 aromatic carbocycles. The Morgan fingerprint density at radius 2 is 1.80 bits per heavy atom. The highest BCUT2D eigenvalue weighted by molar-refractivity contribution is 5.94. The largest absolute Gasteiger partial charge is 0.573 e. The Kier molecular flexibility index (Phi) is 5.86. The molecule has 0 radical (unpaired) electrons. The van der Waals surface area contributed by atoms with Gasteiger partial charge >= 0.3 is 6.36 Å². The standard InChI is InChI=1S/C25H18F3N5O2/c26-25(27,28)35-17-7-5-15(6-8-17)21-13-22(32-23(31-21)16-3-1-11-29-14-16)24(34)33-20-10-9-19-18(20)4-2-12-30-19/h1-8,11-14,20H,9-10H2,(H,33,34)/t20-/m0/s1. The van der Waals surface area contributed by atoms with Crippen molar-refractivity contribution in [3.05, 3.63) is 90.1 Å². The highest BCUT2D eigenvalue weighted by Gasteiger charge is 2.31. The molecule has 4 aromatic rings. The SMILES string of the molecule is O=C(N[C@H]1CCc2ncccc21)c1cc(-c2ccc(OC(F)(F)F)cc2)nc(-c2cccnc2)n1. The van der Waals surface area contributed by atoms with E-state index in [0.717, 1.165) is 24.1 Å². The third-order valence-electron chi connectivity index (χ3n) is 5.54. The molecule has 1 N–H and O–H groups in total. The Bertz CT molecular complexity index is 1360. The van der Waals surface area contributed by atoms with Crippen molar-refractivity contribution in [2.24, 2.45) is 0 Å². The molecule has 35 heavy (non-hydrogen) atoms. The van der Waals surface area contributed by atoms with Gasteiger partial charge in [-0.15, -0.1) is 13.2 Å². The van der Waals surface area contributed by atoms with Gasteiger partial charge in [-0.25, -0.2) is 9.97 Å². The number of amides is 1. The molecule has 1 aliphatic rings. The zero-order valence-corrected chi connectivity index (χ0v) is 18.2. The number of benzene rings is 1. The van der Waals surface area contributed by atoms with Gasteiger partial charge < -0.3 is 10.1 Å². The van der Waals surface area contributed by atoms with Gasteiger partial charge in [-0.2, -0.15) is 0 Å². The maximum Gasteiger partial charge on any atom is 0.573 e. The minimum Gasteiger partial charge on any atom is -0.406 e. The van der Waals surface area contributed by atoms with E-state index in [2.05, 4.69) is 30.0 Å². The van der Waals surface area contributed by atoms with Gasteiger partial charge in [0.2, 0.25) is 0 Å². The Labute approximate surface area is 198 Å². The zero-order valence-electron chi connectivity index (χ0n) is 18.2. The van der Waals surface area contributed by atoms with Gasteiger partial charge in [0, 0.05) is 35.4 Å². The van der Waals surface area contributed by atoms with E-state index < -0.39 is 12.3 Å². The predicted molar refractivity (Wildman–Crippen MR) is 120 cm³/mol. The minimum absolute atomic E-state index is 0.127. The van der Waals surface area contributed by atoms with Crippen molar-refractivity contribution >= 4 is 5.91 Å². The van der Waals surface area contributed by atoms with Gasteiger partial charge in [-0.05, 0) is 66.9 Å². The molecular weight excluding hydrogens is 459 g/mol. The van der Waals surface area contributed by atoms with E-state index in [4.69, 9.17) is 0 Å². The third-order valence-corrected chi connectivity index (χ3v) is 5.54. The Morgan fingerprint density at radius 1 is 1.00 bits per heavy atom. The highest BCUT2D eigenvalue weighted by Crippen LogP contribution is 2.30. The summed E-state index contributed by atoms with van der Waals surface area (Å²) in [6.45, 7) is 0. The first-order valence-corrected chi connectivity index (χ1v) is 10.8. The molecule has 0 unspecified atom stereocenters. The maximum atomic E-state index is 13.2. The number of hydrogen-bond donors (Lipinski definition) is 1. The fourth-order valence-electron chi connectivity index (χ4n) is 3.96. The molecule has 0 bridgehead atoms. The number of carbonyl (C=O) groups excluding carboxylic acids is 1. The van der Waals surface area contributed by atoms with Gasteiger partial charge in [0.25, 0.3) is 5.91 Å². The summed E-state index contributed by atoms with van der Waals surface area (Å²) >= 11 is 0. The summed E-state index contributed by atoms with van der Waals surface area (Å²) in [5, 5.41) is 3.01. The number of fused-ring (bicyclic) bond motifs is 1. The number of aryl methyl sites for hydroxylation is 1. The summed E-state index contributed by atoms with van der Waals surface area (Å²) in [6.07, 6.45) is 1.61. The Hall–Kier alpha value is -4.34. The number of rotatable bonds is 5. The van der Waals surface area contributed by atoms with Crippen molar-refractivity contribution in [1.82, 2.24) is 25.3 Å². The van der Waals surface area contributed by atoms with Crippen molar-refractivity contribution in [3.8, 4) is 28.4 Å². The third kappa shape index (κ3) is 5.11. The summed E-state index contributed by atoms with van der Waals surface area (Å²) in [7, 11) is 0. The summed E-state index contributed by atoms with van der Waals surface area (Å²) < 4.78 is 41.5. The number of nitrogens with zero attached hydrogens (tertiary/aromatic N) is 4. The van der Waals surface area contributed by atoms with E-state index in [1.54, 1.807) is 30.7 Å². The lowest BCUT2D eigenvalue weighted by Crippen LogP contribution is -2.28. The number of halogens is 3. The fourth-order valence-corrected chi connectivity index (χ4v) is 3.96. The smallest absolute Gasteiger partial charge is 0.406 e. The van der Waals surface area contributed by atoms with Crippen molar-refractivity contribution in [2.75, 3.05) is 0 Å². The van der Waals surface area contributed by atoms with Crippen LogP contribution in [0.2, 0.25) is 0 Å². The van der Waals surface area contributed by atoms with E-state index in [-0.39, 0.29) is 23.3 Å². The highest BCUT2D eigenvalue weighted by atomic mass is 19.4. The van der Waals surface area contributed by atoms with Crippen LogP contribution in [0.3, 0.4) is 0 Å². The zero-order chi connectivity index (χ0) is 24.4. The van der Waals surface area contributed by atoms with Crippen LogP contribution in [-0.4, -0.2) is 32.2 Å². The summed E-state index contributed by atoms with van der Waals surface area (Å²) in [6, 6.07) is 13.8. The van der Waals surface area contributed by atoms with Crippen molar-refractivity contribution in [3.63, 3.8) is 0 Å². The number of aromatic nitrogens is 4. The molecule has 1 amide bonds. The normalized spacial score (nSPS) is 14.9. The number of carbonyl (C=O) groups is 1. The van der Waals surface area contributed by atoms with Crippen molar-refractivity contribution < 1.29 is 22.7 Å². The van der Waals surface area contributed by atoms with E-state index in [1.807, 2.05) is 12.1 Å². The quantitative estimate of drug-likeness (QED) is 0.439. The molecule has 0 spiro atoms. The van der Waals surface area contributed by atoms with Crippen LogP contribution in [0, 0.1) is 0 Å². The van der Waals surface area contributed by atoms with Crippen LogP contribution in [0.4, 0.5) is 13.2 Å². The first kappa shape index (κ1) is 22.5. The van der Waals surface area contributed by atoms with Crippen LogP contribution in [0.1, 0.15) is 34.2 Å². The monoisotopic (exact) mass is 477 g/mol. The van der Waals surface area contributed by atoms with Crippen molar-refractivity contribution in [1.29, 1.82) is 0 Å². The molecule has 10 heteroatoms. The number of ether oxygens (including phenoxy) is 1. The first-order chi connectivity index (χ1) is 16.9. The molecule has 0 saturated carbocycles. The van der Waals surface area contributed by atoms with Gasteiger partial charge in [0.1, 0.15) is 11.4 Å². The van der Waals surface area contributed by atoms with Crippen LogP contribution >= 0.6 is 0 Å². The topological polar surface area (TPSA) is 89.9 Å². The average molecular weight is 477 g/mol. The van der Waals surface area contributed by atoms with Crippen LogP contribution in [0.15, 0.2) is 73.2 Å². The second kappa shape index (κ2) is 9.13. The van der Waals surface area contributed by atoms with Gasteiger partial charge in [0.05, 0.1) is 11.7 Å². The maximum absolute atomic E-state index is 13.2. The second-order valence-electron chi connectivity index (χ2n) is 7.88. The number of hydrogen-bond acceptors (Lipinski definition) is 6. The second-order valence-corrected chi connectivity index (χ2v) is 7.88. The van der Waals surface area contributed by atoms with Crippen LogP contribution in [0.25, 0.3) is 22.6 Å². The molecular formula is C25H18F3N5O2. The van der Waals surface area contributed by atoms with Crippen LogP contribution in [0.5, 0.6) is 5.75 Å². The summed E-state index contributed by atoms with van der Waals surface area (Å²) in [5.41, 5.74) is 3.52. The Balaban J connectivity index is 1.48. The fraction of sp³-hybridized carbons (Fsp3) is 0.160. The van der Waals surface area contributed by atoms with Gasteiger partial charge in [0.15, 0.2) is 5.82 Å². The molecule has 3 aromatic heterocycles. The van der Waals surface area contributed by atoms with Crippen molar-refractivity contribution in [2.45, 2.75) is 25.2 Å². The summed E-state index contributed by atoms with van der Waals surface area (Å²) in [5.74, 6) is -0.475. The average Bonchev–Trinajstić information content (AvgIpc) is 3.26. The molecule has 0 fully saturated rings. The van der Waals surface area contributed by atoms with Crippen LogP contribution < -0.4 is 10.1 Å². The molecule has 0 aliphatic heterocycles. The molecule has 1 aliphatic carbocycles. The van der Waals surface area contributed by atoms with E-state index in [1.165, 1.54) is 30.3 Å². The number of nitrogens with one attached hydrogen (secondary N) is 1.